The molecular weight excluding hydrogens is 362 g/mol. The van der Waals surface area contributed by atoms with Crippen LogP contribution in [0, 0.1) is 5.41 Å². The molecule has 1 unspecified atom stereocenters. The fraction of sp³-hybridized carbons (Fsp3) is 0.714. The van der Waals surface area contributed by atoms with Crippen molar-refractivity contribution in [3.05, 3.63) is 35.6 Å². The highest BCUT2D eigenvalue weighted by Gasteiger charge is 2.30. The standard InChI is InChI=1S/C21H36BrNO/c1-7-17(11-9-13-22)19(24)18-15-20(3,4)12-10-14-23(16-18)21(5,6)8-2/h7,9,11,16,19,24H,8,10,12-15H2,1-6H3. The lowest BCUT2D eigenvalue weighted by Crippen LogP contribution is -2.42. The van der Waals surface area contributed by atoms with Crippen molar-refractivity contribution in [3.63, 3.8) is 0 Å². The van der Waals surface area contributed by atoms with E-state index in [1.54, 1.807) is 0 Å². The molecular formula is C21H36BrNO. The van der Waals surface area contributed by atoms with Crippen LogP contribution in [0.3, 0.4) is 0 Å². The number of aliphatic hydroxyl groups excluding tert-OH is 1. The van der Waals surface area contributed by atoms with Gasteiger partial charge in [0.2, 0.25) is 0 Å². The first-order valence-electron chi connectivity index (χ1n) is 9.21. The number of allylic oxidation sites excluding steroid dienone is 2. The first-order valence-corrected chi connectivity index (χ1v) is 10.3. The van der Waals surface area contributed by atoms with E-state index in [9.17, 15) is 5.11 Å². The van der Waals surface area contributed by atoms with E-state index in [0.29, 0.717) is 0 Å². The maximum Gasteiger partial charge on any atom is 0.101 e. The van der Waals surface area contributed by atoms with Crippen LogP contribution in [0.15, 0.2) is 35.6 Å². The second-order valence-electron chi connectivity index (χ2n) is 8.26. The Hall–Kier alpha value is -0.540. The Labute approximate surface area is 157 Å². The predicted octanol–water partition coefficient (Wildman–Crippen LogP) is 5.83. The summed E-state index contributed by atoms with van der Waals surface area (Å²) in [6.45, 7) is 14.5. The molecule has 0 saturated carbocycles. The zero-order valence-corrected chi connectivity index (χ0v) is 18.0. The van der Waals surface area contributed by atoms with Gasteiger partial charge >= 0.3 is 0 Å². The topological polar surface area (TPSA) is 23.5 Å². The smallest absolute Gasteiger partial charge is 0.101 e. The molecule has 0 bridgehead atoms. The lowest BCUT2D eigenvalue weighted by Gasteiger charge is -2.42. The predicted molar refractivity (Wildman–Crippen MR) is 109 cm³/mol. The Morgan fingerprint density at radius 2 is 2.12 bits per heavy atom. The number of aliphatic hydroxyl groups is 1. The van der Waals surface area contributed by atoms with Crippen molar-refractivity contribution in [2.24, 2.45) is 5.41 Å². The van der Waals surface area contributed by atoms with E-state index >= 15 is 0 Å². The van der Waals surface area contributed by atoms with Crippen molar-refractivity contribution in [2.45, 2.75) is 78.9 Å². The van der Waals surface area contributed by atoms with Gasteiger partial charge in [-0.3, -0.25) is 0 Å². The van der Waals surface area contributed by atoms with Gasteiger partial charge in [-0.15, -0.1) is 0 Å². The Balaban J connectivity index is 3.22. The van der Waals surface area contributed by atoms with E-state index in [2.05, 4.69) is 61.6 Å². The number of alkyl halides is 1. The summed E-state index contributed by atoms with van der Waals surface area (Å²) in [6, 6.07) is 0. The molecule has 1 heterocycles. The molecule has 1 aliphatic rings. The van der Waals surface area contributed by atoms with Gasteiger partial charge in [0.15, 0.2) is 0 Å². The third kappa shape index (κ3) is 6.07. The fourth-order valence-corrected chi connectivity index (χ4v) is 3.45. The molecule has 0 saturated heterocycles. The molecule has 138 valence electrons. The molecule has 0 aromatic carbocycles. The summed E-state index contributed by atoms with van der Waals surface area (Å²) in [4.78, 5) is 2.45. The van der Waals surface area contributed by atoms with Crippen LogP contribution in [0.5, 0.6) is 0 Å². The van der Waals surface area contributed by atoms with Crippen LogP contribution in [0.4, 0.5) is 0 Å². The SMILES string of the molecule is CC=C(C=CCBr)C(O)C1=CN(C(C)(C)CC)CCCC(C)(C)C1. The molecule has 0 radical (unpaired) electrons. The minimum atomic E-state index is -0.530. The summed E-state index contributed by atoms with van der Waals surface area (Å²) in [5.74, 6) is 0. The highest BCUT2D eigenvalue weighted by molar-refractivity contribution is 9.09. The molecule has 0 amide bonds. The van der Waals surface area contributed by atoms with E-state index < -0.39 is 6.10 Å². The number of hydrogen-bond acceptors (Lipinski definition) is 2. The molecule has 0 aromatic rings. The van der Waals surface area contributed by atoms with Crippen molar-refractivity contribution >= 4 is 15.9 Å². The molecule has 1 aliphatic heterocycles. The van der Waals surface area contributed by atoms with E-state index in [1.807, 2.05) is 25.2 Å². The molecule has 0 aromatic heterocycles. The number of rotatable bonds is 6. The summed E-state index contributed by atoms with van der Waals surface area (Å²) < 4.78 is 0. The second-order valence-corrected chi connectivity index (χ2v) is 8.90. The molecule has 24 heavy (non-hydrogen) atoms. The molecule has 0 aliphatic carbocycles. The number of nitrogens with zero attached hydrogens (tertiary/aromatic N) is 1. The van der Waals surface area contributed by atoms with Crippen LogP contribution < -0.4 is 0 Å². The molecule has 1 rings (SSSR count). The van der Waals surface area contributed by atoms with Gasteiger partial charge in [0.05, 0.1) is 0 Å². The maximum absolute atomic E-state index is 11.0. The summed E-state index contributed by atoms with van der Waals surface area (Å²) in [6.07, 6.45) is 12.2. The third-order valence-electron chi connectivity index (χ3n) is 5.30. The van der Waals surface area contributed by atoms with Gasteiger partial charge in [0, 0.05) is 23.6 Å². The van der Waals surface area contributed by atoms with Crippen molar-refractivity contribution in [3.8, 4) is 0 Å². The maximum atomic E-state index is 11.0. The Morgan fingerprint density at radius 1 is 1.46 bits per heavy atom. The first kappa shape index (κ1) is 21.5. The van der Waals surface area contributed by atoms with Crippen LogP contribution in [0.1, 0.15) is 67.2 Å². The zero-order chi connectivity index (χ0) is 18.4. The van der Waals surface area contributed by atoms with Crippen LogP contribution in [-0.2, 0) is 0 Å². The summed E-state index contributed by atoms with van der Waals surface area (Å²) in [5.41, 5.74) is 2.46. The average Bonchev–Trinajstić information content (AvgIpc) is 2.51. The lowest BCUT2D eigenvalue weighted by molar-refractivity contribution is 0.145. The van der Waals surface area contributed by atoms with Gasteiger partial charge in [-0.25, -0.2) is 0 Å². The molecule has 1 atom stereocenters. The zero-order valence-electron chi connectivity index (χ0n) is 16.4. The summed E-state index contributed by atoms with van der Waals surface area (Å²) >= 11 is 3.42. The lowest BCUT2D eigenvalue weighted by atomic mass is 9.78. The average molecular weight is 398 g/mol. The monoisotopic (exact) mass is 397 g/mol. The first-order chi connectivity index (χ1) is 11.2. The molecule has 2 nitrogen and oxygen atoms in total. The highest BCUT2D eigenvalue weighted by Crippen LogP contribution is 2.36. The summed E-state index contributed by atoms with van der Waals surface area (Å²) in [7, 11) is 0. The van der Waals surface area contributed by atoms with E-state index in [4.69, 9.17) is 0 Å². The normalized spacial score (nSPS) is 21.4. The fourth-order valence-electron chi connectivity index (χ4n) is 3.27. The summed E-state index contributed by atoms with van der Waals surface area (Å²) in [5, 5.41) is 11.8. The van der Waals surface area contributed by atoms with E-state index in [-0.39, 0.29) is 11.0 Å². The van der Waals surface area contributed by atoms with Crippen molar-refractivity contribution in [1.29, 1.82) is 0 Å². The molecule has 0 spiro atoms. The quantitative estimate of drug-likeness (QED) is 0.450. The van der Waals surface area contributed by atoms with Gasteiger partial charge in [-0.2, -0.15) is 0 Å². The van der Waals surface area contributed by atoms with Crippen molar-refractivity contribution < 1.29 is 5.11 Å². The van der Waals surface area contributed by atoms with Crippen LogP contribution in [0.25, 0.3) is 0 Å². The van der Waals surface area contributed by atoms with Gasteiger partial charge in [-0.05, 0) is 63.0 Å². The van der Waals surface area contributed by atoms with E-state index in [0.717, 1.165) is 35.9 Å². The number of halogens is 1. The van der Waals surface area contributed by atoms with Gasteiger partial charge in [0.1, 0.15) is 6.10 Å². The largest absolute Gasteiger partial charge is 0.384 e. The second kappa shape index (κ2) is 9.24. The minimum Gasteiger partial charge on any atom is -0.384 e. The Kier molecular flexibility index (Phi) is 8.28. The van der Waals surface area contributed by atoms with Gasteiger partial charge < -0.3 is 10.0 Å². The molecule has 0 fully saturated rings. The van der Waals surface area contributed by atoms with E-state index in [1.165, 1.54) is 12.8 Å². The molecule has 1 N–H and O–H groups in total. The minimum absolute atomic E-state index is 0.119. The van der Waals surface area contributed by atoms with Crippen LogP contribution in [-0.4, -0.2) is 33.5 Å². The van der Waals surface area contributed by atoms with Gasteiger partial charge in [-0.1, -0.05) is 54.9 Å². The highest BCUT2D eigenvalue weighted by atomic mass is 79.9. The van der Waals surface area contributed by atoms with Crippen molar-refractivity contribution in [2.75, 3.05) is 11.9 Å². The molecule has 3 heteroatoms. The number of hydrogen-bond donors (Lipinski definition) is 1. The Morgan fingerprint density at radius 3 is 2.67 bits per heavy atom. The van der Waals surface area contributed by atoms with Crippen molar-refractivity contribution in [1.82, 2.24) is 4.90 Å². The van der Waals surface area contributed by atoms with Crippen LogP contribution >= 0.6 is 15.9 Å². The van der Waals surface area contributed by atoms with Gasteiger partial charge in [0.25, 0.3) is 0 Å². The Bertz CT molecular complexity index is 488. The third-order valence-corrected chi connectivity index (χ3v) is 5.67. The van der Waals surface area contributed by atoms with Crippen LogP contribution in [0.2, 0.25) is 0 Å².